The summed E-state index contributed by atoms with van der Waals surface area (Å²) in [4.78, 5) is 12.6. The van der Waals surface area contributed by atoms with Crippen molar-refractivity contribution in [1.82, 2.24) is 9.88 Å². The van der Waals surface area contributed by atoms with Crippen molar-refractivity contribution < 1.29 is 13.6 Å². The number of hydrogen-bond acceptors (Lipinski definition) is 2. The van der Waals surface area contributed by atoms with Crippen LogP contribution in [0.5, 0.6) is 0 Å². The molecule has 0 unspecified atom stereocenters. The van der Waals surface area contributed by atoms with Gasteiger partial charge in [-0.1, -0.05) is 19.9 Å². The van der Waals surface area contributed by atoms with Crippen LogP contribution >= 0.6 is 27.3 Å². The maximum atomic E-state index is 14.1. The van der Waals surface area contributed by atoms with Crippen LogP contribution in [0.3, 0.4) is 0 Å². The van der Waals surface area contributed by atoms with Gasteiger partial charge in [0.25, 0.3) is 5.91 Å². The fourth-order valence-electron chi connectivity index (χ4n) is 2.59. The lowest BCUT2D eigenvalue weighted by atomic mass is 10.2. The second-order valence-corrected chi connectivity index (χ2v) is 8.02. The normalized spacial score (nSPS) is 11.4. The molecule has 0 aliphatic rings. The smallest absolute Gasteiger partial charge is 0.267 e. The zero-order valence-electron chi connectivity index (χ0n) is 13.8. The molecule has 1 aromatic carbocycles. The molecule has 1 amide bonds. The number of nitrogens with zero attached hydrogens (tertiary/aromatic N) is 1. The second-order valence-electron chi connectivity index (χ2n) is 6.25. The predicted molar refractivity (Wildman–Crippen MR) is 100 cm³/mol. The Morgan fingerprint density at radius 3 is 2.76 bits per heavy atom. The number of aromatic nitrogens is 1. The summed E-state index contributed by atoms with van der Waals surface area (Å²) in [5.41, 5.74) is 1.63. The van der Waals surface area contributed by atoms with Crippen LogP contribution in [-0.4, -0.2) is 17.0 Å². The van der Waals surface area contributed by atoms with Gasteiger partial charge in [-0.3, -0.25) is 4.79 Å². The highest BCUT2D eigenvalue weighted by Crippen LogP contribution is 2.34. The van der Waals surface area contributed by atoms with Crippen LogP contribution in [0.25, 0.3) is 10.2 Å². The maximum Gasteiger partial charge on any atom is 0.267 e. The zero-order valence-corrected chi connectivity index (χ0v) is 16.2. The van der Waals surface area contributed by atoms with E-state index in [0.717, 1.165) is 20.8 Å². The summed E-state index contributed by atoms with van der Waals surface area (Å²) in [6, 6.07) is 5.30. The lowest BCUT2D eigenvalue weighted by Crippen LogP contribution is -2.29. The highest BCUT2D eigenvalue weighted by Gasteiger charge is 2.20. The number of hydrogen-bond donors (Lipinski definition) is 1. The Kier molecular flexibility index (Phi) is 5.24. The standard InChI is InChI=1S/C18H17BrF2N2OS/c1-10(2)7-22-18(24)15-6-16-17(13(19)9-25-16)23(15)8-11-3-4-12(20)5-14(11)21/h3-6,9-10H,7-8H2,1-2H3,(H,22,24). The Bertz CT molecular complexity index is 933. The lowest BCUT2D eigenvalue weighted by molar-refractivity contribution is 0.0940. The van der Waals surface area contributed by atoms with Gasteiger partial charge in [-0.2, -0.15) is 0 Å². The van der Waals surface area contributed by atoms with Gasteiger partial charge in [0.15, 0.2) is 0 Å². The van der Waals surface area contributed by atoms with Crippen LogP contribution in [-0.2, 0) is 6.54 Å². The fraction of sp³-hybridized carbons (Fsp3) is 0.278. The van der Waals surface area contributed by atoms with Gasteiger partial charge in [0, 0.05) is 23.6 Å². The molecular weight excluding hydrogens is 410 g/mol. The van der Waals surface area contributed by atoms with E-state index in [1.165, 1.54) is 23.5 Å². The first-order valence-corrected chi connectivity index (χ1v) is 9.52. The minimum absolute atomic E-state index is 0.148. The van der Waals surface area contributed by atoms with E-state index in [9.17, 15) is 13.6 Å². The van der Waals surface area contributed by atoms with E-state index >= 15 is 0 Å². The zero-order chi connectivity index (χ0) is 18.1. The van der Waals surface area contributed by atoms with Gasteiger partial charge in [-0.15, -0.1) is 11.3 Å². The van der Waals surface area contributed by atoms with E-state index in [4.69, 9.17) is 0 Å². The summed E-state index contributed by atoms with van der Waals surface area (Å²) < 4.78 is 30.8. The molecule has 0 fully saturated rings. The molecule has 1 N–H and O–H groups in total. The average Bonchev–Trinajstić information content (AvgIpc) is 3.08. The Balaban J connectivity index is 2.03. The molecule has 25 heavy (non-hydrogen) atoms. The summed E-state index contributed by atoms with van der Waals surface area (Å²) in [7, 11) is 0. The number of nitrogens with one attached hydrogen (secondary N) is 1. The lowest BCUT2D eigenvalue weighted by Gasteiger charge is -2.13. The van der Waals surface area contributed by atoms with Gasteiger partial charge in [0.2, 0.25) is 0 Å². The first kappa shape index (κ1) is 18.1. The number of thiophene rings is 1. The molecule has 2 heterocycles. The van der Waals surface area contributed by atoms with Crippen LogP contribution in [0.4, 0.5) is 8.78 Å². The number of rotatable bonds is 5. The van der Waals surface area contributed by atoms with Crippen molar-refractivity contribution in [1.29, 1.82) is 0 Å². The Hall–Kier alpha value is -1.73. The van der Waals surface area contributed by atoms with E-state index < -0.39 is 11.6 Å². The number of carbonyl (C=O) groups is 1. The summed E-state index contributed by atoms with van der Waals surface area (Å²) in [6.07, 6.45) is 0. The molecule has 0 bridgehead atoms. The average molecular weight is 427 g/mol. The van der Waals surface area contributed by atoms with Crippen molar-refractivity contribution in [2.75, 3.05) is 6.54 Å². The highest BCUT2D eigenvalue weighted by molar-refractivity contribution is 9.10. The molecule has 3 nitrogen and oxygen atoms in total. The molecule has 0 saturated heterocycles. The van der Waals surface area contributed by atoms with Crippen molar-refractivity contribution in [3.8, 4) is 0 Å². The second kappa shape index (κ2) is 7.25. The van der Waals surface area contributed by atoms with Crippen LogP contribution in [0, 0.1) is 17.6 Å². The third-order valence-corrected chi connectivity index (χ3v) is 5.65. The number of benzene rings is 1. The number of amides is 1. The SMILES string of the molecule is CC(C)CNC(=O)c1cc2scc(Br)c2n1Cc1ccc(F)cc1F. The van der Waals surface area contributed by atoms with Crippen molar-refractivity contribution in [3.63, 3.8) is 0 Å². The summed E-state index contributed by atoms with van der Waals surface area (Å²) >= 11 is 5.00. The maximum absolute atomic E-state index is 14.1. The molecule has 3 rings (SSSR count). The van der Waals surface area contributed by atoms with Gasteiger partial charge in [-0.25, -0.2) is 8.78 Å². The summed E-state index contributed by atoms with van der Waals surface area (Å²) in [5.74, 6) is -1.12. The minimum Gasteiger partial charge on any atom is -0.351 e. The number of halogens is 3. The van der Waals surface area contributed by atoms with E-state index in [-0.39, 0.29) is 12.5 Å². The molecule has 0 spiro atoms. The molecule has 132 valence electrons. The third-order valence-electron chi connectivity index (χ3n) is 3.82. The van der Waals surface area contributed by atoms with E-state index in [2.05, 4.69) is 21.2 Å². The molecule has 7 heteroatoms. The van der Waals surface area contributed by atoms with Crippen LogP contribution in [0.1, 0.15) is 29.9 Å². The first-order valence-electron chi connectivity index (χ1n) is 7.85. The summed E-state index contributed by atoms with van der Waals surface area (Å²) in [5, 5.41) is 4.82. The monoisotopic (exact) mass is 426 g/mol. The van der Waals surface area contributed by atoms with Gasteiger partial charge in [0.05, 0.1) is 21.2 Å². The van der Waals surface area contributed by atoms with Crippen LogP contribution in [0.15, 0.2) is 34.1 Å². The van der Waals surface area contributed by atoms with Crippen molar-refractivity contribution in [3.05, 3.63) is 57.0 Å². The molecule has 0 radical (unpaired) electrons. The van der Waals surface area contributed by atoms with Gasteiger partial charge < -0.3 is 9.88 Å². The molecular formula is C18H17BrF2N2OS. The van der Waals surface area contributed by atoms with E-state index in [1.807, 2.05) is 25.3 Å². The third kappa shape index (κ3) is 3.77. The molecule has 0 atom stereocenters. The Morgan fingerprint density at radius 2 is 2.08 bits per heavy atom. The van der Waals surface area contributed by atoms with Crippen molar-refractivity contribution in [2.24, 2.45) is 5.92 Å². The molecule has 0 aliphatic heterocycles. The molecule has 0 aliphatic carbocycles. The molecule has 3 aromatic rings. The fourth-order valence-corrected chi connectivity index (χ4v) is 4.28. The highest BCUT2D eigenvalue weighted by atomic mass is 79.9. The summed E-state index contributed by atoms with van der Waals surface area (Å²) in [6.45, 7) is 4.74. The topological polar surface area (TPSA) is 34.0 Å². The molecule has 2 aromatic heterocycles. The number of fused-ring (bicyclic) bond motifs is 1. The minimum atomic E-state index is -0.623. The van der Waals surface area contributed by atoms with Crippen LogP contribution < -0.4 is 5.32 Å². The van der Waals surface area contributed by atoms with Crippen molar-refractivity contribution >= 4 is 43.4 Å². The first-order chi connectivity index (χ1) is 11.9. The van der Waals surface area contributed by atoms with Gasteiger partial charge >= 0.3 is 0 Å². The van der Waals surface area contributed by atoms with Gasteiger partial charge in [0.1, 0.15) is 17.3 Å². The van der Waals surface area contributed by atoms with Crippen LogP contribution in [0.2, 0.25) is 0 Å². The van der Waals surface area contributed by atoms with Crippen molar-refractivity contribution in [2.45, 2.75) is 20.4 Å². The molecule has 0 saturated carbocycles. The quantitative estimate of drug-likeness (QED) is 0.599. The van der Waals surface area contributed by atoms with E-state index in [1.54, 1.807) is 4.57 Å². The predicted octanol–water partition coefficient (Wildman–Crippen LogP) is 5.18. The van der Waals surface area contributed by atoms with E-state index in [0.29, 0.717) is 23.7 Å². The van der Waals surface area contributed by atoms with Gasteiger partial charge in [-0.05, 0) is 34.0 Å². The Morgan fingerprint density at radius 1 is 1.32 bits per heavy atom. The Labute approximate surface area is 156 Å². The number of carbonyl (C=O) groups excluding carboxylic acids is 1. The largest absolute Gasteiger partial charge is 0.351 e.